The Labute approximate surface area is 175 Å². The highest BCUT2D eigenvalue weighted by molar-refractivity contribution is 5.80. The van der Waals surface area contributed by atoms with E-state index in [0.717, 1.165) is 34.6 Å². The second-order valence-electron chi connectivity index (χ2n) is 7.49. The van der Waals surface area contributed by atoms with Crippen LogP contribution in [0.1, 0.15) is 32.2 Å². The van der Waals surface area contributed by atoms with Crippen LogP contribution in [0.15, 0.2) is 48.5 Å². The molecule has 4 aromatic rings. The zero-order chi connectivity index (χ0) is 20.9. The van der Waals surface area contributed by atoms with Crippen LogP contribution in [0.3, 0.4) is 0 Å². The maximum atomic E-state index is 5.51. The molecule has 0 spiro atoms. The third-order valence-corrected chi connectivity index (χ3v) is 4.70. The molecular formula is C22H25N7O. The summed E-state index contributed by atoms with van der Waals surface area (Å²) >= 11 is 0. The Kier molecular flexibility index (Phi) is 5.83. The third-order valence-electron chi connectivity index (χ3n) is 4.70. The summed E-state index contributed by atoms with van der Waals surface area (Å²) in [5.41, 5.74) is 4.31. The van der Waals surface area contributed by atoms with Crippen molar-refractivity contribution in [2.24, 2.45) is 5.92 Å². The lowest BCUT2D eigenvalue weighted by Gasteiger charge is -2.10. The second kappa shape index (κ2) is 8.86. The summed E-state index contributed by atoms with van der Waals surface area (Å²) in [5.74, 6) is 2.04. The number of aromatic nitrogens is 7. The summed E-state index contributed by atoms with van der Waals surface area (Å²) in [6, 6.07) is 17.0. The van der Waals surface area contributed by atoms with Gasteiger partial charge in [0.15, 0.2) is 5.82 Å². The SMILES string of the molecule is CCOc1nc(Cc2ccc(-c3ccccc3-c3nnn[nH]3)cc2)n(CC(C)C)n1. The summed E-state index contributed by atoms with van der Waals surface area (Å²) in [4.78, 5) is 4.58. The smallest absolute Gasteiger partial charge is 0.335 e. The van der Waals surface area contributed by atoms with Crippen molar-refractivity contribution in [1.82, 2.24) is 35.4 Å². The standard InChI is InChI=1S/C22H25N7O/c1-4-30-22-23-20(29(26-22)14-15(2)3)13-16-9-11-17(12-10-16)18-7-5-6-8-19(18)21-24-27-28-25-21/h5-12,15H,4,13-14H2,1-3H3,(H,24,25,27,28). The van der Waals surface area contributed by atoms with Crippen molar-refractivity contribution in [3.63, 3.8) is 0 Å². The van der Waals surface area contributed by atoms with E-state index >= 15 is 0 Å². The molecule has 0 bridgehead atoms. The van der Waals surface area contributed by atoms with Gasteiger partial charge in [0.05, 0.1) is 6.61 Å². The van der Waals surface area contributed by atoms with E-state index in [1.54, 1.807) is 0 Å². The lowest BCUT2D eigenvalue weighted by atomic mass is 9.98. The Morgan fingerprint density at radius 1 is 1.03 bits per heavy atom. The molecule has 30 heavy (non-hydrogen) atoms. The van der Waals surface area contributed by atoms with Crippen LogP contribution in [-0.4, -0.2) is 42.0 Å². The van der Waals surface area contributed by atoms with Gasteiger partial charge in [-0.15, -0.1) is 10.2 Å². The van der Waals surface area contributed by atoms with Crippen LogP contribution in [0.4, 0.5) is 0 Å². The van der Waals surface area contributed by atoms with Gasteiger partial charge >= 0.3 is 6.01 Å². The first-order valence-corrected chi connectivity index (χ1v) is 10.1. The van der Waals surface area contributed by atoms with Crippen molar-refractivity contribution in [3.05, 3.63) is 59.9 Å². The number of ether oxygens (including phenoxy) is 1. The molecular weight excluding hydrogens is 378 g/mol. The highest BCUT2D eigenvalue weighted by atomic mass is 16.5. The van der Waals surface area contributed by atoms with Crippen molar-refractivity contribution in [2.75, 3.05) is 6.61 Å². The summed E-state index contributed by atoms with van der Waals surface area (Å²) in [5, 5.41) is 18.8. The number of hydrogen-bond donors (Lipinski definition) is 1. The van der Waals surface area contributed by atoms with E-state index < -0.39 is 0 Å². The van der Waals surface area contributed by atoms with Crippen molar-refractivity contribution in [2.45, 2.75) is 33.7 Å². The number of nitrogens with one attached hydrogen (secondary N) is 1. The molecule has 2 heterocycles. The minimum absolute atomic E-state index is 0.444. The Morgan fingerprint density at radius 2 is 1.80 bits per heavy atom. The normalized spacial score (nSPS) is 11.2. The molecule has 0 unspecified atom stereocenters. The van der Waals surface area contributed by atoms with E-state index in [4.69, 9.17) is 4.74 Å². The van der Waals surface area contributed by atoms with Crippen LogP contribution in [0.5, 0.6) is 6.01 Å². The van der Waals surface area contributed by atoms with E-state index in [1.165, 1.54) is 0 Å². The first-order chi connectivity index (χ1) is 14.6. The first kappa shape index (κ1) is 19.8. The van der Waals surface area contributed by atoms with Crippen molar-refractivity contribution < 1.29 is 4.74 Å². The Morgan fingerprint density at radius 3 is 2.47 bits per heavy atom. The van der Waals surface area contributed by atoms with E-state index in [2.05, 4.69) is 74.9 Å². The fourth-order valence-corrected chi connectivity index (χ4v) is 3.36. The van der Waals surface area contributed by atoms with Crippen molar-refractivity contribution in [3.8, 4) is 28.5 Å². The molecule has 154 valence electrons. The molecule has 2 aromatic carbocycles. The molecule has 0 aliphatic rings. The number of benzene rings is 2. The number of tetrazole rings is 1. The molecule has 4 rings (SSSR count). The lowest BCUT2D eigenvalue weighted by molar-refractivity contribution is 0.308. The molecule has 0 saturated carbocycles. The fraction of sp³-hybridized carbons (Fsp3) is 0.318. The van der Waals surface area contributed by atoms with Gasteiger partial charge in [-0.05, 0) is 40.0 Å². The monoisotopic (exact) mass is 403 g/mol. The molecule has 8 heteroatoms. The fourth-order valence-electron chi connectivity index (χ4n) is 3.36. The number of rotatable bonds is 8. The number of H-pyrrole nitrogens is 1. The Bertz CT molecular complexity index is 1090. The summed E-state index contributed by atoms with van der Waals surface area (Å²) in [7, 11) is 0. The molecule has 0 aliphatic heterocycles. The zero-order valence-corrected chi connectivity index (χ0v) is 17.4. The van der Waals surface area contributed by atoms with Gasteiger partial charge < -0.3 is 4.74 Å². The maximum Gasteiger partial charge on any atom is 0.335 e. The van der Waals surface area contributed by atoms with E-state index in [1.807, 2.05) is 29.8 Å². The van der Waals surface area contributed by atoms with Gasteiger partial charge in [0, 0.05) is 18.5 Å². The van der Waals surface area contributed by atoms with Gasteiger partial charge in [-0.3, -0.25) is 0 Å². The highest BCUT2D eigenvalue weighted by Crippen LogP contribution is 2.30. The number of hydrogen-bond acceptors (Lipinski definition) is 6. The molecule has 0 aliphatic carbocycles. The van der Waals surface area contributed by atoms with Gasteiger partial charge in [0.2, 0.25) is 0 Å². The van der Waals surface area contributed by atoms with Gasteiger partial charge in [0.25, 0.3) is 0 Å². The van der Waals surface area contributed by atoms with Gasteiger partial charge in [-0.2, -0.15) is 4.98 Å². The molecule has 0 atom stereocenters. The third kappa shape index (κ3) is 4.37. The Balaban J connectivity index is 1.59. The quantitative estimate of drug-likeness (QED) is 0.481. The summed E-state index contributed by atoms with van der Waals surface area (Å²) in [6.45, 7) is 7.64. The predicted octanol–water partition coefficient (Wildman–Crippen LogP) is 3.77. The van der Waals surface area contributed by atoms with Crippen LogP contribution in [0.2, 0.25) is 0 Å². The molecule has 2 aromatic heterocycles. The molecule has 0 amide bonds. The maximum absolute atomic E-state index is 5.51. The summed E-state index contributed by atoms with van der Waals surface area (Å²) < 4.78 is 7.46. The molecule has 0 fully saturated rings. The van der Waals surface area contributed by atoms with Crippen molar-refractivity contribution in [1.29, 1.82) is 0 Å². The highest BCUT2D eigenvalue weighted by Gasteiger charge is 2.14. The van der Waals surface area contributed by atoms with E-state index in [-0.39, 0.29) is 0 Å². The van der Waals surface area contributed by atoms with Crippen LogP contribution in [0.25, 0.3) is 22.5 Å². The van der Waals surface area contributed by atoms with Crippen LogP contribution >= 0.6 is 0 Å². The van der Waals surface area contributed by atoms with Gasteiger partial charge in [-0.25, -0.2) is 9.78 Å². The Hall–Kier alpha value is -3.55. The topological polar surface area (TPSA) is 94.4 Å². The number of aromatic amines is 1. The van der Waals surface area contributed by atoms with Crippen LogP contribution in [0, 0.1) is 5.92 Å². The minimum atomic E-state index is 0.444. The minimum Gasteiger partial charge on any atom is -0.463 e. The van der Waals surface area contributed by atoms with Crippen molar-refractivity contribution >= 4 is 0 Å². The van der Waals surface area contributed by atoms with Crippen LogP contribution in [-0.2, 0) is 13.0 Å². The van der Waals surface area contributed by atoms with E-state index in [9.17, 15) is 0 Å². The van der Waals surface area contributed by atoms with E-state index in [0.29, 0.717) is 30.8 Å². The predicted molar refractivity (Wildman–Crippen MR) is 114 cm³/mol. The molecule has 8 nitrogen and oxygen atoms in total. The molecule has 1 N–H and O–H groups in total. The average Bonchev–Trinajstić information content (AvgIpc) is 3.39. The zero-order valence-electron chi connectivity index (χ0n) is 17.4. The van der Waals surface area contributed by atoms with Crippen LogP contribution < -0.4 is 4.74 Å². The van der Waals surface area contributed by atoms with Gasteiger partial charge in [0.1, 0.15) is 5.82 Å². The lowest BCUT2D eigenvalue weighted by Crippen LogP contribution is -2.10. The first-order valence-electron chi connectivity index (χ1n) is 10.1. The average molecular weight is 403 g/mol. The largest absolute Gasteiger partial charge is 0.463 e. The second-order valence-corrected chi connectivity index (χ2v) is 7.49. The molecule has 0 radical (unpaired) electrons. The number of nitrogens with zero attached hydrogens (tertiary/aromatic N) is 6. The molecule has 0 saturated heterocycles. The van der Waals surface area contributed by atoms with Gasteiger partial charge in [-0.1, -0.05) is 62.4 Å². The summed E-state index contributed by atoms with van der Waals surface area (Å²) in [6.07, 6.45) is 0.695.